The van der Waals surface area contributed by atoms with Gasteiger partial charge in [0, 0.05) is 37.5 Å². The summed E-state index contributed by atoms with van der Waals surface area (Å²) in [7, 11) is 0. The van der Waals surface area contributed by atoms with Crippen molar-refractivity contribution < 1.29 is 9.13 Å². The van der Waals surface area contributed by atoms with Crippen LogP contribution in [0.4, 0.5) is 4.39 Å². The largest absolute Gasteiger partial charge is 0.488 e. The van der Waals surface area contributed by atoms with E-state index in [9.17, 15) is 4.39 Å². The minimum absolute atomic E-state index is 0.0536. The molecule has 0 aliphatic carbocycles. The molecule has 3 nitrogen and oxygen atoms in total. The van der Waals surface area contributed by atoms with Crippen LogP contribution < -0.4 is 4.74 Å². The van der Waals surface area contributed by atoms with E-state index in [0.717, 1.165) is 30.8 Å². The number of nitrogens with zero attached hydrogens (tertiary/aromatic N) is 2. The first-order valence-electron chi connectivity index (χ1n) is 6.66. The molecule has 1 heterocycles. The first-order chi connectivity index (χ1) is 9.10. The summed E-state index contributed by atoms with van der Waals surface area (Å²) in [6.45, 7) is 5.74. The van der Waals surface area contributed by atoms with E-state index in [1.54, 1.807) is 12.1 Å². The van der Waals surface area contributed by atoms with Crippen LogP contribution in [0.1, 0.15) is 25.8 Å². The highest BCUT2D eigenvalue weighted by molar-refractivity contribution is 5.37. The maximum Gasteiger partial charge on any atom is 0.123 e. The number of fused-ring (bicyclic) bond motifs is 1. The van der Waals surface area contributed by atoms with E-state index in [1.165, 1.54) is 6.07 Å². The Kier molecular flexibility index (Phi) is 4.39. The zero-order chi connectivity index (χ0) is 13.8. The summed E-state index contributed by atoms with van der Waals surface area (Å²) in [4.78, 5) is 2.23. The monoisotopic (exact) mass is 262 g/mol. The van der Waals surface area contributed by atoms with Crippen LogP contribution in [0.15, 0.2) is 18.2 Å². The second-order valence-corrected chi connectivity index (χ2v) is 5.19. The van der Waals surface area contributed by atoms with Crippen LogP contribution in [0, 0.1) is 17.1 Å². The Bertz CT molecular complexity index is 482. The van der Waals surface area contributed by atoms with E-state index in [0.29, 0.717) is 12.5 Å². The lowest BCUT2D eigenvalue weighted by molar-refractivity contribution is 0.129. The molecule has 1 aromatic rings. The smallest absolute Gasteiger partial charge is 0.123 e. The van der Waals surface area contributed by atoms with Gasteiger partial charge < -0.3 is 4.74 Å². The van der Waals surface area contributed by atoms with Gasteiger partial charge in [0.15, 0.2) is 0 Å². The topological polar surface area (TPSA) is 36.3 Å². The van der Waals surface area contributed by atoms with E-state index >= 15 is 0 Å². The molecule has 4 heteroatoms. The molecular formula is C15H19FN2O. The molecule has 0 saturated carbocycles. The van der Waals surface area contributed by atoms with Gasteiger partial charge in [0.2, 0.25) is 0 Å². The summed E-state index contributed by atoms with van der Waals surface area (Å²) in [6.07, 6.45) is 1.31. The predicted octanol–water partition coefficient (Wildman–Crippen LogP) is 2.75. The van der Waals surface area contributed by atoms with E-state index in [1.807, 2.05) is 0 Å². The number of hydrogen-bond donors (Lipinski definition) is 0. The molecule has 0 aromatic heterocycles. The molecule has 0 saturated heterocycles. The molecule has 1 atom stereocenters. The van der Waals surface area contributed by atoms with Crippen molar-refractivity contribution in [1.82, 2.24) is 4.90 Å². The number of ether oxygens (including phenoxy) is 1. The number of nitriles is 1. The Morgan fingerprint density at radius 1 is 1.53 bits per heavy atom. The quantitative estimate of drug-likeness (QED) is 0.818. The summed E-state index contributed by atoms with van der Waals surface area (Å²) in [6, 6.07) is 7.21. The lowest BCUT2D eigenvalue weighted by atomic mass is 10.1. The lowest BCUT2D eigenvalue weighted by Gasteiger charge is -2.28. The lowest BCUT2D eigenvalue weighted by Crippen LogP contribution is -2.39. The second kappa shape index (κ2) is 6.03. The Balaban J connectivity index is 1.96. The van der Waals surface area contributed by atoms with Crippen LogP contribution >= 0.6 is 0 Å². The average Bonchev–Trinajstić information content (AvgIpc) is 2.75. The molecule has 0 bridgehead atoms. The number of hydrogen-bond acceptors (Lipinski definition) is 3. The standard InChI is InChI=1S/C15H19FN2O/c1-11(2)18(7-3-6-17)10-14-9-12-8-13(16)4-5-15(12)19-14/h4-5,8,11,14H,3,7,9-10H2,1-2H3. The van der Waals surface area contributed by atoms with Crippen LogP contribution in [0.25, 0.3) is 0 Å². The van der Waals surface area contributed by atoms with Crippen molar-refractivity contribution in [3.05, 3.63) is 29.6 Å². The fourth-order valence-corrected chi connectivity index (χ4v) is 2.41. The van der Waals surface area contributed by atoms with Crippen molar-refractivity contribution in [2.45, 2.75) is 38.8 Å². The van der Waals surface area contributed by atoms with Gasteiger partial charge in [-0.1, -0.05) is 0 Å². The molecule has 1 aliphatic heterocycles. The number of rotatable bonds is 5. The Hall–Kier alpha value is -1.60. The second-order valence-electron chi connectivity index (χ2n) is 5.19. The summed E-state index contributed by atoms with van der Waals surface area (Å²) in [5, 5.41) is 8.68. The van der Waals surface area contributed by atoms with E-state index in [-0.39, 0.29) is 11.9 Å². The molecule has 0 amide bonds. The van der Waals surface area contributed by atoms with Crippen molar-refractivity contribution in [3.63, 3.8) is 0 Å². The summed E-state index contributed by atoms with van der Waals surface area (Å²) in [5.41, 5.74) is 0.939. The van der Waals surface area contributed by atoms with Gasteiger partial charge in [0.05, 0.1) is 6.07 Å². The molecule has 1 unspecified atom stereocenters. The Labute approximate surface area is 113 Å². The highest BCUT2D eigenvalue weighted by atomic mass is 19.1. The maximum atomic E-state index is 13.1. The van der Waals surface area contributed by atoms with Crippen LogP contribution in [0.3, 0.4) is 0 Å². The molecule has 0 N–H and O–H groups in total. The summed E-state index contributed by atoms with van der Waals surface area (Å²) >= 11 is 0. The fourth-order valence-electron chi connectivity index (χ4n) is 2.41. The van der Waals surface area contributed by atoms with Crippen molar-refractivity contribution in [1.29, 1.82) is 5.26 Å². The third-order valence-electron chi connectivity index (χ3n) is 3.44. The van der Waals surface area contributed by atoms with Gasteiger partial charge in [-0.25, -0.2) is 4.39 Å². The van der Waals surface area contributed by atoms with Gasteiger partial charge in [0.1, 0.15) is 17.7 Å². The van der Waals surface area contributed by atoms with E-state index in [2.05, 4.69) is 24.8 Å². The molecule has 0 spiro atoms. The van der Waals surface area contributed by atoms with Gasteiger partial charge in [-0.15, -0.1) is 0 Å². The summed E-state index contributed by atoms with van der Waals surface area (Å²) in [5.74, 6) is 0.573. The van der Waals surface area contributed by atoms with Gasteiger partial charge in [-0.2, -0.15) is 5.26 Å². The van der Waals surface area contributed by atoms with E-state index in [4.69, 9.17) is 10.00 Å². The van der Waals surface area contributed by atoms with Crippen molar-refractivity contribution in [2.24, 2.45) is 0 Å². The number of halogens is 1. The molecule has 0 fully saturated rings. The molecule has 0 radical (unpaired) electrons. The normalized spacial score (nSPS) is 17.4. The first kappa shape index (κ1) is 13.8. The average molecular weight is 262 g/mol. The number of benzene rings is 1. The van der Waals surface area contributed by atoms with Crippen LogP contribution in [0.5, 0.6) is 5.75 Å². The zero-order valence-corrected chi connectivity index (χ0v) is 11.4. The minimum Gasteiger partial charge on any atom is -0.488 e. The molecule has 102 valence electrons. The molecule has 19 heavy (non-hydrogen) atoms. The van der Waals surface area contributed by atoms with Crippen LogP contribution in [-0.4, -0.2) is 30.1 Å². The van der Waals surface area contributed by atoms with E-state index < -0.39 is 0 Å². The maximum absolute atomic E-state index is 13.1. The zero-order valence-electron chi connectivity index (χ0n) is 11.4. The molecular weight excluding hydrogens is 243 g/mol. The van der Waals surface area contributed by atoms with Crippen molar-refractivity contribution in [3.8, 4) is 11.8 Å². The predicted molar refractivity (Wildman–Crippen MR) is 71.5 cm³/mol. The van der Waals surface area contributed by atoms with Crippen LogP contribution in [0.2, 0.25) is 0 Å². The Morgan fingerprint density at radius 2 is 2.32 bits per heavy atom. The third kappa shape index (κ3) is 3.45. The van der Waals surface area contributed by atoms with Gasteiger partial charge >= 0.3 is 0 Å². The van der Waals surface area contributed by atoms with Crippen LogP contribution in [-0.2, 0) is 6.42 Å². The van der Waals surface area contributed by atoms with Gasteiger partial charge in [-0.05, 0) is 32.0 Å². The summed E-state index contributed by atoms with van der Waals surface area (Å²) < 4.78 is 19.0. The highest BCUT2D eigenvalue weighted by Gasteiger charge is 2.26. The molecule has 1 aromatic carbocycles. The van der Waals surface area contributed by atoms with Crippen molar-refractivity contribution in [2.75, 3.05) is 13.1 Å². The van der Waals surface area contributed by atoms with Crippen molar-refractivity contribution >= 4 is 0 Å². The first-order valence-corrected chi connectivity index (χ1v) is 6.66. The molecule has 2 rings (SSSR count). The molecule has 1 aliphatic rings. The van der Waals surface area contributed by atoms with Gasteiger partial charge in [0.25, 0.3) is 0 Å². The van der Waals surface area contributed by atoms with Gasteiger partial charge in [-0.3, -0.25) is 4.90 Å². The third-order valence-corrected chi connectivity index (χ3v) is 3.44. The SMILES string of the molecule is CC(C)N(CCC#N)CC1Cc2cc(F)ccc2O1. The minimum atomic E-state index is -0.215. The highest BCUT2D eigenvalue weighted by Crippen LogP contribution is 2.29. The Morgan fingerprint density at radius 3 is 3.00 bits per heavy atom. The fraction of sp³-hybridized carbons (Fsp3) is 0.533.